The van der Waals surface area contributed by atoms with Crippen molar-refractivity contribution in [3.8, 4) is 11.6 Å². The van der Waals surface area contributed by atoms with Gasteiger partial charge in [0.05, 0.1) is 28.5 Å². The van der Waals surface area contributed by atoms with E-state index in [1.165, 1.54) is 24.4 Å². The maximum Gasteiger partial charge on any atom is 0.271 e. The van der Waals surface area contributed by atoms with Crippen molar-refractivity contribution in [3.05, 3.63) is 99.5 Å². The second-order valence-corrected chi connectivity index (χ2v) is 10.8. The smallest absolute Gasteiger partial charge is 0.271 e. The first-order valence-corrected chi connectivity index (χ1v) is 12.9. The molecule has 0 aliphatic carbocycles. The number of nitrogens with zero attached hydrogens (tertiary/aromatic N) is 1. The summed E-state index contributed by atoms with van der Waals surface area (Å²) in [6.07, 6.45) is 1.33. The van der Waals surface area contributed by atoms with Gasteiger partial charge in [-0.1, -0.05) is 47.5 Å². The summed E-state index contributed by atoms with van der Waals surface area (Å²) in [6.45, 7) is 0.214. The molecule has 0 fully saturated rings. The van der Waals surface area contributed by atoms with E-state index in [0.717, 1.165) is 11.3 Å². The van der Waals surface area contributed by atoms with Gasteiger partial charge < -0.3 is 10.1 Å². The number of hydrogen-bond donors (Lipinski definition) is 2. The third-order valence-electron chi connectivity index (χ3n) is 4.48. The zero-order valence-corrected chi connectivity index (χ0v) is 20.5. The molecule has 0 unspecified atom stereocenters. The molecule has 0 aliphatic rings. The molecule has 2 heterocycles. The zero-order chi connectivity index (χ0) is 24.1. The van der Waals surface area contributed by atoms with Crippen LogP contribution in [0.3, 0.4) is 0 Å². The quantitative estimate of drug-likeness (QED) is 0.290. The first-order valence-electron chi connectivity index (χ1n) is 9.84. The number of thiophene rings is 1. The van der Waals surface area contributed by atoms with E-state index in [1.54, 1.807) is 48.5 Å². The Bertz CT molecular complexity index is 1390. The third kappa shape index (κ3) is 5.87. The van der Waals surface area contributed by atoms with Gasteiger partial charge in [0.2, 0.25) is 5.88 Å². The number of hydrogen-bond acceptors (Lipinski definition) is 6. The highest BCUT2D eigenvalue weighted by Gasteiger charge is 2.18. The van der Waals surface area contributed by atoms with E-state index in [9.17, 15) is 13.2 Å². The fourth-order valence-corrected chi connectivity index (χ4v) is 5.66. The van der Waals surface area contributed by atoms with E-state index in [1.807, 2.05) is 6.07 Å². The van der Waals surface area contributed by atoms with Crippen LogP contribution < -0.4 is 14.8 Å². The molecule has 11 heteroatoms. The molecular weight excluding hydrogens is 517 g/mol. The molecule has 2 aromatic heterocycles. The molecule has 2 aromatic carbocycles. The van der Waals surface area contributed by atoms with E-state index in [0.29, 0.717) is 20.5 Å². The standard InChI is InChI=1S/C23H17Cl2N3O4S2/c24-18-7-4-8-19(25)22(18)32-20-11-9-16(13-26-20)28-34(30,31)21-12-10-17(33-21)14-27-23(29)15-5-2-1-3-6-15/h1-13,28H,14H2,(H,27,29). The van der Waals surface area contributed by atoms with Crippen molar-refractivity contribution in [3.63, 3.8) is 0 Å². The number of carbonyl (C=O) groups is 1. The molecule has 0 atom stereocenters. The Labute approximate surface area is 210 Å². The Morgan fingerprint density at radius 2 is 1.68 bits per heavy atom. The van der Waals surface area contributed by atoms with Gasteiger partial charge >= 0.3 is 0 Å². The number of carbonyl (C=O) groups excluding carboxylic acids is 1. The number of anilines is 1. The molecule has 0 spiro atoms. The third-order valence-corrected chi connectivity index (χ3v) is 8.03. The van der Waals surface area contributed by atoms with Crippen LogP contribution in [0.1, 0.15) is 15.2 Å². The summed E-state index contributed by atoms with van der Waals surface area (Å²) in [7, 11) is -3.84. The second-order valence-electron chi connectivity index (χ2n) is 6.91. The summed E-state index contributed by atoms with van der Waals surface area (Å²) < 4.78 is 33.7. The van der Waals surface area contributed by atoms with Gasteiger partial charge in [-0.3, -0.25) is 9.52 Å². The topological polar surface area (TPSA) is 97.4 Å². The summed E-state index contributed by atoms with van der Waals surface area (Å²) >= 11 is 13.2. The number of rotatable bonds is 8. The Kier molecular flexibility index (Phi) is 7.38. The van der Waals surface area contributed by atoms with Gasteiger partial charge in [-0.25, -0.2) is 13.4 Å². The average Bonchev–Trinajstić information content (AvgIpc) is 3.32. The number of ether oxygens (including phenoxy) is 1. The molecule has 0 saturated heterocycles. The largest absolute Gasteiger partial charge is 0.436 e. The number of halogens is 2. The minimum absolute atomic E-state index is 0.111. The molecule has 1 amide bonds. The van der Waals surface area contributed by atoms with Crippen molar-refractivity contribution in [2.45, 2.75) is 10.8 Å². The van der Waals surface area contributed by atoms with Crippen molar-refractivity contribution in [2.75, 3.05) is 4.72 Å². The van der Waals surface area contributed by atoms with Crippen LogP contribution in [0.5, 0.6) is 11.6 Å². The van der Waals surface area contributed by atoms with E-state index >= 15 is 0 Å². The van der Waals surface area contributed by atoms with Crippen LogP contribution in [0, 0.1) is 0 Å². The molecule has 2 N–H and O–H groups in total. The number of aromatic nitrogens is 1. The monoisotopic (exact) mass is 533 g/mol. The van der Waals surface area contributed by atoms with E-state index in [-0.39, 0.29) is 34.0 Å². The molecule has 0 aliphatic heterocycles. The Morgan fingerprint density at radius 1 is 0.941 bits per heavy atom. The lowest BCUT2D eigenvalue weighted by molar-refractivity contribution is 0.0951. The highest BCUT2D eigenvalue weighted by atomic mass is 35.5. The molecule has 4 rings (SSSR count). The van der Waals surface area contributed by atoms with Crippen LogP contribution >= 0.6 is 34.5 Å². The first-order chi connectivity index (χ1) is 16.3. The zero-order valence-electron chi connectivity index (χ0n) is 17.4. The van der Waals surface area contributed by atoms with Gasteiger partial charge in [-0.05, 0) is 42.5 Å². The van der Waals surface area contributed by atoms with Gasteiger partial charge in [-0.2, -0.15) is 0 Å². The Balaban J connectivity index is 1.38. The SMILES string of the molecule is O=C(NCc1ccc(S(=O)(=O)Nc2ccc(Oc3c(Cl)cccc3Cl)nc2)s1)c1ccccc1. The molecule has 174 valence electrons. The predicted octanol–water partition coefficient (Wildman–Crippen LogP) is 5.97. The average molecular weight is 534 g/mol. The Hall–Kier alpha value is -3.11. The highest BCUT2D eigenvalue weighted by molar-refractivity contribution is 7.94. The molecule has 0 bridgehead atoms. The van der Waals surface area contributed by atoms with E-state index in [2.05, 4.69) is 15.0 Å². The maximum absolute atomic E-state index is 12.8. The fourth-order valence-electron chi connectivity index (χ4n) is 2.85. The van der Waals surface area contributed by atoms with Gasteiger partial charge in [0.25, 0.3) is 15.9 Å². The number of para-hydroxylation sites is 1. The minimum Gasteiger partial charge on any atom is -0.436 e. The Morgan fingerprint density at radius 3 is 2.35 bits per heavy atom. The molecule has 7 nitrogen and oxygen atoms in total. The second kappa shape index (κ2) is 10.4. The van der Waals surface area contributed by atoms with Crippen LogP contribution in [-0.2, 0) is 16.6 Å². The van der Waals surface area contributed by atoms with E-state index in [4.69, 9.17) is 27.9 Å². The molecular formula is C23H17Cl2N3O4S2. The number of sulfonamides is 1. The number of nitrogens with one attached hydrogen (secondary N) is 2. The summed E-state index contributed by atoms with van der Waals surface area (Å²) in [5, 5.41) is 3.43. The lowest BCUT2D eigenvalue weighted by atomic mass is 10.2. The van der Waals surface area contributed by atoms with Crippen LogP contribution in [0.25, 0.3) is 0 Å². The fraction of sp³-hybridized carbons (Fsp3) is 0.0435. The molecule has 4 aromatic rings. The van der Waals surface area contributed by atoms with Crippen molar-refractivity contribution in [2.24, 2.45) is 0 Å². The maximum atomic E-state index is 12.8. The van der Waals surface area contributed by atoms with Gasteiger partial charge in [0.1, 0.15) is 4.21 Å². The summed E-state index contributed by atoms with van der Waals surface area (Å²) in [5.41, 5.74) is 0.787. The number of amides is 1. The first kappa shape index (κ1) is 24.0. The summed E-state index contributed by atoms with van der Waals surface area (Å²) in [5.74, 6) is 0.227. The number of benzene rings is 2. The minimum atomic E-state index is -3.84. The van der Waals surface area contributed by atoms with Gasteiger partial charge in [-0.15, -0.1) is 11.3 Å². The lowest BCUT2D eigenvalue weighted by Crippen LogP contribution is -2.22. The number of pyridine rings is 1. The molecule has 34 heavy (non-hydrogen) atoms. The van der Waals surface area contributed by atoms with Crippen molar-refractivity contribution >= 4 is 56.2 Å². The van der Waals surface area contributed by atoms with Crippen LogP contribution in [-0.4, -0.2) is 19.3 Å². The predicted molar refractivity (Wildman–Crippen MR) is 134 cm³/mol. The van der Waals surface area contributed by atoms with Crippen LogP contribution in [0.2, 0.25) is 10.0 Å². The van der Waals surface area contributed by atoms with Crippen LogP contribution in [0.15, 0.2) is 83.2 Å². The van der Waals surface area contributed by atoms with Crippen LogP contribution in [0.4, 0.5) is 5.69 Å². The normalized spacial score (nSPS) is 11.1. The molecule has 0 saturated carbocycles. The van der Waals surface area contributed by atoms with Crippen molar-refractivity contribution in [1.29, 1.82) is 0 Å². The van der Waals surface area contributed by atoms with Gasteiger partial charge in [0.15, 0.2) is 5.75 Å². The summed E-state index contributed by atoms with van der Waals surface area (Å²) in [4.78, 5) is 17.0. The van der Waals surface area contributed by atoms with Crippen molar-refractivity contribution < 1.29 is 17.9 Å². The van der Waals surface area contributed by atoms with Crippen molar-refractivity contribution in [1.82, 2.24) is 10.3 Å². The lowest BCUT2D eigenvalue weighted by Gasteiger charge is -2.10. The molecule has 0 radical (unpaired) electrons. The summed E-state index contributed by atoms with van der Waals surface area (Å²) in [6, 6.07) is 19.9. The van der Waals surface area contributed by atoms with Gasteiger partial charge in [0, 0.05) is 16.5 Å². The highest BCUT2D eigenvalue weighted by Crippen LogP contribution is 2.35. The van der Waals surface area contributed by atoms with E-state index < -0.39 is 10.0 Å².